The Morgan fingerprint density at radius 2 is 1.82 bits per heavy atom. The third-order valence-corrected chi connectivity index (χ3v) is 4.63. The fourth-order valence-corrected chi connectivity index (χ4v) is 3.11. The van der Waals surface area contributed by atoms with E-state index in [0.717, 1.165) is 37.1 Å². The van der Waals surface area contributed by atoms with Crippen LogP contribution in [0.4, 0.5) is 0 Å². The van der Waals surface area contributed by atoms with Gasteiger partial charge in [0.25, 0.3) is 11.8 Å². The van der Waals surface area contributed by atoms with Crippen molar-refractivity contribution in [3.63, 3.8) is 0 Å². The number of nitriles is 1. The molecule has 0 radical (unpaired) electrons. The molecule has 1 saturated heterocycles. The number of hydrogen-bond acceptors (Lipinski definition) is 4. The normalized spacial score (nSPS) is 13.0. The molecule has 3 rings (SSSR count). The van der Waals surface area contributed by atoms with E-state index in [0.29, 0.717) is 24.3 Å². The van der Waals surface area contributed by atoms with Gasteiger partial charge in [-0.2, -0.15) is 5.26 Å². The molecule has 6 heteroatoms. The summed E-state index contributed by atoms with van der Waals surface area (Å²) in [4.78, 5) is 26.4. The summed E-state index contributed by atoms with van der Waals surface area (Å²) >= 11 is 0. The molecule has 2 aromatic rings. The number of nitrogens with zero attached hydrogens (tertiary/aromatic N) is 2. The molecule has 2 aromatic carbocycles. The molecule has 1 aliphatic heterocycles. The predicted molar refractivity (Wildman–Crippen MR) is 105 cm³/mol. The second-order valence-electron chi connectivity index (χ2n) is 6.74. The number of ether oxygens (including phenoxy) is 1. The zero-order chi connectivity index (χ0) is 19.8. The van der Waals surface area contributed by atoms with Crippen LogP contribution in [0.1, 0.15) is 34.3 Å². The molecule has 1 fully saturated rings. The maximum absolute atomic E-state index is 12.5. The minimum absolute atomic E-state index is 0.0499. The van der Waals surface area contributed by atoms with E-state index in [1.165, 1.54) is 0 Å². The Labute approximate surface area is 164 Å². The number of nitrogens with one attached hydrogen (secondary N) is 1. The maximum Gasteiger partial charge on any atom is 0.258 e. The van der Waals surface area contributed by atoms with Crippen molar-refractivity contribution < 1.29 is 14.3 Å². The van der Waals surface area contributed by atoms with E-state index in [1.807, 2.05) is 29.2 Å². The van der Waals surface area contributed by atoms with Crippen molar-refractivity contribution in [2.75, 3.05) is 19.7 Å². The second kappa shape index (κ2) is 9.56. The summed E-state index contributed by atoms with van der Waals surface area (Å²) < 4.78 is 5.46. The molecule has 2 amide bonds. The molecule has 0 atom stereocenters. The van der Waals surface area contributed by atoms with E-state index in [2.05, 4.69) is 11.4 Å². The third kappa shape index (κ3) is 5.34. The molecule has 1 aliphatic rings. The van der Waals surface area contributed by atoms with Gasteiger partial charge in [-0.1, -0.05) is 24.3 Å². The lowest BCUT2D eigenvalue weighted by Crippen LogP contribution is -2.29. The van der Waals surface area contributed by atoms with Crippen LogP contribution < -0.4 is 10.1 Å². The van der Waals surface area contributed by atoms with Gasteiger partial charge in [-0.25, -0.2) is 0 Å². The van der Waals surface area contributed by atoms with Crippen molar-refractivity contribution in [2.24, 2.45) is 0 Å². The Hall–Kier alpha value is -3.33. The van der Waals surface area contributed by atoms with Gasteiger partial charge in [-0.3, -0.25) is 9.59 Å². The van der Waals surface area contributed by atoms with Crippen molar-refractivity contribution in [3.05, 3.63) is 65.2 Å². The molecule has 0 aromatic heterocycles. The van der Waals surface area contributed by atoms with Crippen LogP contribution in [0, 0.1) is 11.3 Å². The third-order valence-electron chi connectivity index (χ3n) is 4.63. The van der Waals surface area contributed by atoms with Crippen LogP contribution in [-0.2, 0) is 17.8 Å². The Morgan fingerprint density at radius 1 is 1.07 bits per heavy atom. The monoisotopic (exact) mass is 377 g/mol. The van der Waals surface area contributed by atoms with E-state index >= 15 is 0 Å². The van der Waals surface area contributed by atoms with Crippen LogP contribution >= 0.6 is 0 Å². The molecule has 1 N–H and O–H groups in total. The standard InChI is InChI=1S/C22H23N3O3/c23-11-10-17-6-8-20(9-7-17)28-16-21(26)24-15-18-4-3-5-19(14-18)22(27)25-12-1-2-13-25/h3-9,14H,1-2,10,12-13,15-16H2,(H,24,26). The van der Waals surface area contributed by atoms with Crippen LogP contribution in [0.25, 0.3) is 0 Å². The van der Waals surface area contributed by atoms with E-state index in [1.54, 1.807) is 24.3 Å². The van der Waals surface area contributed by atoms with E-state index < -0.39 is 0 Å². The van der Waals surface area contributed by atoms with Crippen molar-refractivity contribution in [2.45, 2.75) is 25.8 Å². The lowest BCUT2D eigenvalue weighted by Gasteiger charge is -2.15. The Kier molecular flexibility index (Phi) is 6.64. The molecule has 0 bridgehead atoms. The molecular formula is C22H23N3O3. The van der Waals surface area contributed by atoms with Crippen LogP contribution in [0.5, 0.6) is 5.75 Å². The van der Waals surface area contributed by atoms with Crippen molar-refractivity contribution >= 4 is 11.8 Å². The first kappa shape index (κ1) is 19.4. The molecule has 6 nitrogen and oxygen atoms in total. The largest absolute Gasteiger partial charge is 0.484 e. The Bertz CT molecular complexity index is 865. The molecule has 28 heavy (non-hydrogen) atoms. The number of likely N-dealkylation sites (tertiary alicyclic amines) is 1. The fraction of sp³-hybridized carbons (Fsp3) is 0.318. The number of carbonyl (C=O) groups is 2. The van der Waals surface area contributed by atoms with Gasteiger partial charge in [0.15, 0.2) is 6.61 Å². The zero-order valence-electron chi connectivity index (χ0n) is 15.7. The molecule has 0 saturated carbocycles. The Balaban J connectivity index is 1.47. The van der Waals surface area contributed by atoms with Gasteiger partial charge in [-0.05, 0) is 48.2 Å². The zero-order valence-corrected chi connectivity index (χ0v) is 15.7. The number of hydrogen-bond donors (Lipinski definition) is 1. The fourth-order valence-electron chi connectivity index (χ4n) is 3.11. The molecule has 144 valence electrons. The first-order chi connectivity index (χ1) is 13.7. The summed E-state index contributed by atoms with van der Waals surface area (Å²) in [5.41, 5.74) is 2.43. The highest BCUT2D eigenvalue weighted by molar-refractivity contribution is 5.94. The number of amides is 2. The van der Waals surface area contributed by atoms with Gasteiger partial charge in [0.1, 0.15) is 5.75 Å². The molecule has 0 unspecified atom stereocenters. The highest BCUT2D eigenvalue weighted by Gasteiger charge is 2.19. The average molecular weight is 377 g/mol. The van der Waals surface area contributed by atoms with Crippen molar-refractivity contribution in [1.29, 1.82) is 5.26 Å². The molecular weight excluding hydrogens is 354 g/mol. The van der Waals surface area contributed by atoms with E-state index in [-0.39, 0.29) is 18.4 Å². The number of carbonyl (C=O) groups excluding carboxylic acids is 2. The second-order valence-corrected chi connectivity index (χ2v) is 6.74. The van der Waals surface area contributed by atoms with Gasteiger partial charge in [0.2, 0.25) is 0 Å². The Morgan fingerprint density at radius 3 is 2.54 bits per heavy atom. The van der Waals surface area contributed by atoms with Gasteiger partial charge in [0, 0.05) is 25.2 Å². The summed E-state index contributed by atoms with van der Waals surface area (Å²) in [5, 5.41) is 11.5. The summed E-state index contributed by atoms with van der Waals surface area (Å²) in [6, 6.07) is 16.5. The molecule has 0 aliphatic carbocycles. The van der Waals surface area contributed by atoms with Gasteiger partial charge < -0.3 is 15.0 Å². The first-order valence-corrected chi connectivity index (χ1v) is 9.39. The maximum atomic E-state index is 12.5. The summed E-state index contributed by atoms with van der Waals surface area (Å²) in [5.74, 6) is 0.390. The predicted octanol–water partition coefficient (Wildman–Crippen LogP) is 2.68. The van der Waals surface area contributed by atoms with E-state index in [9.17, 15) is 9.59 Å². The van der Waals surface area contributed by atoms with Crippen LogP contribution in [0.3, 0.4) is 0 Å². The topological polar surface area (TPSA) is 82.4 Å². The molecule has 0 spiro atoms. The first-order valence-electron chi connectivity index (χ1n) is 9.39. The van der Waals surface area contributed by atoms with Crippen LogP contribution in [-0.4, -0.2) is 36.4 Å². The highest BCUT2D eigenvalue weighted by Crippen LogP contribution is 2.14. The van der Waals surface area contributed by atoms with Crippen molar-refractivity contribution in [1.82, 2.24) is 10.2 Å². The van der Waals surface area contributed by atoms with Crippen molar-refractivity contribution in [3.8, 4) is 11.8 Å². The smallest absolute Gasteiger partial charge is 0.258 e. The lowest BCUT2D eigenvalue weighted by atomic mass is 10.1. The van der Waals surface area contributed by atoms with E-state index in [4.69, 9.17) is 10.00 Å². The average Bonchev–Trinajstić information content (AvgIpc) is 3.26. The number of benzene rings is 2. The van der Waals surface area contributed by atoms with Gasteiger partial charge >= 0.3 is 0 Å². The van der Waals surface area contributed by atoms with Crippen LogP contribution in [0.2, 0.25) is 0 Å². The highest BCUT2D eigenvalue weighted by atomic mass is 16.5. The summed E-state index contributed by atoms with van der Waals surface area (Å²) in [6.45, 7) is 1.87. The SMILES string of the molecule is N#CCc1ccc(OCC(=O)NCc2cccc(C(=O)N3CCCC3)c2)cc1. The number of rotatable bonds is 7. The minimum atomic E-state index is -0.239. The van der Waals surface area contributed by atoms with Gasteiger partial charge in [-0.15, -0.1) is 0 Å². The van der Waals surface area contributed by atoms with Gasteiger partial charge in [0.05, 0.1) is 12.5 Å². The molecule has 1 heterocycles. The summed E-state index contributed by atoms with van der Waals surface area (Å²) in [7, 11) is 0. The van der Waals surface area contributed by atoms with Crippen LogP contribution in [0.15, 0.2) is 48.5 Å². The summed E-state index contributed by atoms with van der Waals surface area (Å²) in [6.07, 6.45) is 2.46. The quantitative estimate of drug-likeness (QED) is 0.804. The lowest BCUT2D eigenvalue weighted by molar-refractivity contribution is -0.123. The minimum Gasteiger partial charge on any atom is -0.484 e.